The van der Waals surface area contributed by atoms with Crippen LogP contribution in [-0.2, 0) is 11.3 Å². The molecule has 0 radical (unpaired) electrons. The average Bonchev–Trinajstić information content (AvgIpc) is 2.67. The van der Waals surface area contributed by atoms with Crippen molar-refractivity contribution in [3.05, 3.63) is 65.7 Å². The summed E-state index contributed by atoms with van der Waals surface area (Å²) in [7, 11) is 0. The topological polar surface area (TPSA) is 35.6 Å². The van der Waals surface area contributed by atoms with Gasteiger partial charge in [-0.25, -0.2) is 8.78 Å². The number of amides is 1. The Morgan fingerprint density at radius 1 is 0.962 bits per heavy atom. The molecule has 1 saturated heterocycles. The van der Waals surface area contributed by atoms with Crippen LogP contribution in [0.25, 0.3) is 0 Å². The second kappa shape index (κ2) is 8.76. The van der Waals surface area contributed by atoms with Crippen molar-refractivity contribution in [3.63, 3.8) is 0 Å². The van der Waals surface area contributed by atoms with E-state index in [0.717, 1.165) is 5.56 Å². The SMILES string of the molecule is O=C(CCNCc1ccc(F)cc1)N1CCN(c2ccccc2F)CC1. The van der Waals surface area contributed by atoms with E-state index in [9.17, 15) is 13.6 Å². The fourth-order valence-corrected chi connectivity index (χ4v) is 3.09. The van der Waals surface area contributed by atoms with Gasteiger partial charge in [0.05, 0.1) is 5.69 Å². The van der Waals surface area contributed by atoms with Gasteiger partial charge in [0.15, 0.2) is 0 Å². The van der Waals surface area contributed by atoms with E-state index >= 15 is 0 Å². The van der Waals surface area contributed by atoms with E-state index in [-0.39, 0.29) is 17.5 Å². The molecule has 0 saturated carbocycles. The van der Waals surface area contributed by atoms with Crippen LogP contribution in [0, 0.1) is 11.6 Å². The van der Waals surface area contributed by atoms with Crippen molar-refractivity contribution in [1.29, 1.82) is 0 Å². The van der Waals surface area contributed by atoms with Gasteiger partial charge in [0.1, 0.15) is 11.6 Å². The van der Waals surface area contributed by atoms with Gasteiger partial charge in [0, 0.05) is 45.7 Å². The molecule has 1 heterocycles. The summed E-state index contributed by atoms with van der Waals surface area (Å²) in [5.41, 5.74) is 1.58. The Kier molecular flexibility index (Phi) is 6.17. The molecule has 0 unspecified atom stereocenters. The average molecular weight is 359 g/mol. The van der Waals surface area contributed by atoms with Crippen LogP contribution in [0.2, 0.25) is 0 Å². The van der Waals surface area contributed by atoms with E-state index in [1.165, 1.54) is 18.2 Å². The van der Waals surface area contributed by atoms with Crippen molar-refractivity contribution in [2.24, 2.45) is 0 Å². The summed E-state index contributed by atoms with van der Waals surface area (Å²) in [5.74, 6) is -0.375. The Labute approximate surface area is 152 Å². The number of para-hydroxylation sites is 1. The highest BCUT2D eigenvalue weighted by atomic mass is 19.1. The van der Waals surface area contributed by atoms with Crippen LogP contribution in [0.3, 0.4) is 0 Å². The number of carbonyl (C=O) groups is 1. The van der Waals surface area contributed by atoms with Crippen molar-refractivity contribution < 1.29 is 13.6 Å². The minimum Gasteiger partial charge on any atom is -0.366 e. The van der Waals surface area contributed by atoms with E-state index in [0.29, 0.717) is 51.4 Å². The summed E-state index contributed by atoms with van der Waals surface area (Å²) < 4.78 is 26.7. The maximum absolute atomic E-state index is 13.8. The normalized spacial score (nSPS) is 14.5. The standard InChI is InChI=1S/C20H23F2N3O/c21-17-7-5-16(6-8-17)15-23-10-9-20(26)25-13-11-24(12-14-25)19-4-2-1-3-18(19)22/h1-8,23H,9-15H2. The molecule has 1 fully saturated rings. The highest BCUT2D eigenvalue weighted by Gasteiger charge is 2.22. The van der Waals surface area contributed by atoms with Crippen LogP contribution in [0.5, 0.6) is 0 Å². The molecule has 0 aromatic heterocycles. The first kappa shape index (κ1) is 18.3. The molecular formula is C20H23F2N3O. The van der Waals surface area contributed by atoms with Crippen molar-refractivity contribution >= 4 is 11.6 Å². The number of nitrogens with one attached hydrogen (secondary N) is 1. The fraction of sp³-hybridized carbons (Fsp3) is 0.350. The molecule has 26 heavy (non-hydrogen) atoms. The molecule has 0 bridgehead atoms. The number of hydrogen-bond acceptors (Lipinski definition) is 3. The third-order valence-corrected chi connectivity index (χ3v) is 4.58. The lowest BCUT2D eigenvalue weighted by Crippen LogP contribution is -2.49. The maximum atomic E-state index is 13.8. The highest BCUT2D eigenvalue weighted by molar-refractivity contribution is 5.76. The van der Waals surface area contributed by atoms with Crippen molar-refractivity contribution in [2.75, 3.05) is 37.6 Å². The monoisotopic (exact) mass is 359 g/mol. The Hall–Kier alpha value is -2.47. The van der Waals surface area contributed by atoms with Gasteiger partial charge in [-0.15, -0.1) is 0 Å². The number of halogens is 2. The Bertz CT molecular complexity index is 728. The molecule has 138 valence electrons. The third-order valence-electron chi connectivity index (χ3n) is 4.58. The summed E-state index contributed by atoms with van der Waals surface area (Å²) in [4.78, 5) is 16.1. The van der Waals surface area contributed by atoms with E-state index in [1.807, 2.05) is 15.9 Å². The fourth-order valence-electron chi connectivity index (χ4n) is 3.09. The molecule has 6 heteroatoms. The van der Waals surface area contributed by atoms with Crippen LogP contribution < -0.4 is 10.2 Å². The Morgan fingerprint density at radius 3 is 2.35 bits per heavy atom. The second-order valence-electron chi connectivity index (χ2n) is 6.37. The molecule has 4 nitrogen and oxygen atoms in total. The Morgan fingerprint density at radius 2 is 1.65 bits per heavy atom. The number of benzene rings is 2. The van der Waals surface area contributed by atoms with Crippen LogP contribution in [-0.4, -0.2) is 43.5 Å². The minimum atomic E-state index is -0.251. The van der Waals surface area contributed by atoms with E-state index in [1.54, 1.807) is 24.3 Å². The smallest absolute Gasteiger partial charge is 0.223 e. The van der Waals surface area contributed by atoms with Gasteiger partial charge in [-0.3, -0.25) is 4.79 Å². The zero-order valence-electron chi connectivity index (χ0n) is 14.6. The van der Waals surface area contributed by atoms with Crippen molar-refractivity contribution in [1.82, 2.24) is 10.2 Å². The van der Waals surface area contributed by atoms with Gasteiger partial charge in [-0.2, -0.15) is 0 Å². The molecule has 1 aliphatic heterocycles. The van der Waals surface area contributed by atoms with Crippen LogP contribution in [0.4, 0.5) is 14.5 Å². The number of anilines is 1. The zero-order chi connectivity index (χ0) is 18.4. The van der Waals surface area contributed by atoms with E-state index < -0.39 is 0 Å². The first-order valence-electron chi connectivity index (χ1n) is 8.86. The third kappa shape index (κ3) is 4.79. The molecule has 0 spiro atoms. The first-order chi connectivity index (χ1) is 12.6. The maximum Gasteiger partial charge on any atom is 0.223 e. The zero-order valence-corrected chi connectivity index (χ0v) is 14.6. The van der Waals surface area contributed by atoms with Crippen LogP contribution >= 0.6 is 0 Å². The molecule has 2 aromatic carbocycles. The molecule has 0 aliphatic carbocycles. The van der Waals surface area contributed by atoms with E-state index in [4.69, 9.17) is 0 Å². The second-order valence-corrected chi connectivity index (χ2v) is 6.37. The molecular weight excluding hydrogens is 336 g/mol. The predicted octanol–water partition coefficient (Wildman–Crippen LogP) is 2.79. The quantitative estimate of drug-likeness (QED) is 0.806. The lowest BCUT2D eigenvalue weighted by Gasteiger charge is -2.36. The van der Waals surface area contributed by atoms with Crippen LogP contribution in [0.15, 0.2) is 48.5 Å². The molecule has 2 aromatic rings. The number of carbonyl (C=O) groups excluding carboxylic acids is 1. The number of rotatable bonds is 6. The Balaban J connectivity index is 1.38. The summed E-state index contributed by atoms with van der Waals surface area (Å²) in [6, 6.07) is 13.0. The van der Waals surface area contributed by atoms with E-state index in [2.05, 4.69) is 5.32 Å². The number of piperazine rings is 1. The lowest BCUT2D eigenvalue weighted by atomic mass is 10.2. The molecule has 1 N–H and O–H groups in total. The first-order valence-corrected chi connectivity index (χ1v) is 8.86. The van der Waals surface area contributed by atoms with Gasteiger partial charge in [0.25, 0.3) is 0 Å². The van der Waals surface area contributed by atoms with Gasteiger partial charge in [0.2, 0.25) is 5.91 Å². The molecule has 1 amide bonds. The van der Waals surface area contributed by atoms with Gasteiger partial charge >= 0.3 is 0 Å². The van der Waals surface area contributed by atoms with Gasteiger partial charge in [-0.1, -0.05) is 24.3 Å². The molecule has 1 aliphatic rings. The number of nitrogens with zero attached hydrogens (tertiary/aromatic N) is 2. The summed E-state index contributed by atoms with van der Waals surface area (Å²) in [6.45, 7) is 3.65. The van der Waals surface area contributed by atoms with Gasteiger partial charge < -0.3 is 15.1 Å². The summed E-state index contributed by atoms with van der Waals surface area (Å²) in [5, 5.41) is 3.20. The summed E-state index contributed by atoms with van der Waals surface area (Å²) >= 11 is 0. The summed E-state index contributed by atoms with van der Waals surface area (Å²) in [6.07, 6.45) is 0.418. The largest absolute Gasteiger partial charge is 0.366 e. The minimum absolute atomic E-state index is 0.102. The van der Waals surface area contributed by atoms with Crippen molar-refractivity contribution in [2.45, 2.75) is 13.0 Å². The highest BCUT2D eigenvalue weighted by Crippen LogP contribution is 2.20. The molecule has 3 rings (SSSR count). The predicted molar refractivity (Wildman–Crippen MR) is 97.9 cm³/mol. The number of hydrogen-bond donors (Lipinski definition) is 1. The van der Waals surface area contributed by atoms with Crippen molar-refractivity contribution in [3.8, 4) is 0 Å². The lowest BCUT2D eigenvalue weighted by molar-refractivity contribution is -0.131. The van der Waals surface area contributed by atoms with Crippen LogP contribution in [0.1, 0.15) is 12.0 Å². The van der Waals surface area contributed by atoms with Gasteiger partial charge in [-0.05, 0) is 29.8 Å². The molecule has 0 atom stereocenters.